The molecule has 4 N–H and O–H groups in total. The predicted octanol–water partition coefficient (Wildman–Crippen LogP) is 1.23. The first kappa shape index (κ1) is 9.51. The Kier molecular flexibility index (Phi) is 2.29. The fourth-order valence-corrected chi connectivity index (χ4v) is 1.34. The molecule has 0 spiro atoms. The van der Waals surface area contributed by atoms with E-state index < -0.39 is 0 Å². The van der Waals surface area contributed by atoms with E-state index in [4.69, 9.17) is 11.5 Å². The number of hydrogen-bond acceptors (Lipinski definition) is 3. The first-order chi connectivity index (χ1) is 7.15. The Hall–Kier alpha value is -2.04. The smallest absolute Gasteiger partial charge is 0.147 e. The van der Waals surface area contributed by atoms with Gasteiger partial charge in [-0.15, -0.1) is 0 Å². The van der Waals surface area contributed by atoms with Crippen molar-refractivity contribution < 1.29 is 4.39 Å². The number of aromatic nitrogens is 2. The molecule has 15 heavy (non-hydrogen) atoms. The van der Waals surface area contributed by atoms with E-state index in [1.165, 1.54) is 12.1 Å². The quantitative estimate of drug-likeness (QED) is 0.776. The van der Waals surface area contributed by atoms with Crippen molar-refractivity contribution in [3.05, 3.63) is 41.7 Å². The largest absolute Gasteiger partial charge is 0.384 e. The van der Waals surface area contributed by atoms with Crippen LogP contribution in [0, 0.1) is 5.82 Å². The zero-order valence-electron chi connectivity index (χ0n) is 8.02. The summed E-state index contributed by atoms with van der Waals surface area (Å²) in [5, 5.41) is 4.00. The molecule has 1 aromatic heterocycles. The molecular formula is C10H11FN4. The van der Waals surface area contributed by atoms with Crippen LogP contribution in [0.1, 0.15) is 5.56 Å². The van der Waals surface area contributed by atoms with Crippen LogP contribution in [0.15, 0.2) is 30.3 Å². The highest BCUT2D eigenvalue weighted by molar-refractivity contribution is 5.42. The third-order valence-electron chi connectivity index (χ3n) is 2.08. The van der Waals surface area contributed by atoms with Gasteiger partial charge in [0.25, 0.3) is 0 Å². The van der Waals surface area contributed by atoms with Gasteiger partial charge < -0.3 is 11.5 Å². The van der Waals surface area contributed by atoms with Crippen LogP contribution in [0.25, 0.3) is 0 Å². The number of halogens is 1. The second kappa shape index (κ2) is 3.61. The second-order valence-corrected chi connectivity index (χ2v) is 3.28. The van der Waals surface area contributed by atoms with Gasteiger partial charge in [-0.1, -0.05) is 12.1 Å². The molecule has 0 saturated heterocycles. The monoisotopic (exact) mass is 206 g/mol. The van der Waals surface area contributed by atoms with Crippen molar-refractivity contribution in [2.45, 2.75) is 6.54 Å². The molecule has 0 fully saturated rings. The molecule has 5 heteroatoms. The topological polar surface area (TPSA) is 69.9 Å². The Labute approximate surface area is 86.3 Å². The molecule has 0 bridgehead atoms. The molecule has 2 rings (SSSR count). The van der Waals surface area contributed by atoms with E-state index in [1.54, 1.807) is 22.9 Å². The number of rotatable bonds is 2. The van der Waals surface area contributed by atoms with Crippen LogP contribution in [-0.2, 0) is 6.54 Å². The predicted molar refractivity (Wildman–Crippen MR) is 56.6 cm³/mol. The summed E-state index contributed by atoms with van der Waals surface area (Å²) in [6, 6.07) is 7.76. The molecule has 1 heterocycles. The van der Waals surface area contributed by atoms with Gasteiger partial charge in [-0.05, 0) is 17.7 Å². The summed E-state index contributed by atoms with van der Waals surface area (Å²) >= 11 is 0. The summed E-state index contributed by atoms with van der Waals surface area (Å²) in [6.07, 6.45) is 0. The molecule has 78 valence electrons. The molecule has 0 atom stereocenters. The summed E-state index contributed by atoms with van der Waals surface area (Å²) in [6.45, 7) is 0.489. The van der Waals surface area contributed by atoms with Gasteiger partial charge >= 0.3 is 0 Å². The minimum atomic E-state index is -0.258. The third kappa shape index (κ3) is 2.07. The van der Waals surface area contributed by atoms with Crippen LogP contribution < -0.4 is 11.5 Å². The summed E-state index contributed by atoms with van der Waals surface area (Å²) < 4.78 is 14.2. The lowest BCUT2D eigenvalue weighted by molar-refractivity contribution is 0.625. The number of nitrogens with two attached hydrogens (primary N) is 2. The first-order valence-corrected chi connectivity index (χ1v) is 4.48. The Bertz CT molecular complexity index is 461. The van der Waals surface area contributed by atoms with E-state index in [0.29, 0.717) is 18.2 Å². The highest BCUT2D eigenvalue weighted by Gasteiger charge is 2.02. The van der Waals surface area contributed by atoms with E-state index in [0.717, 1.165) is 5.56 Å². The molecule has 1 aromatic carbocycles. The average Bonchev–Trinajstić information content (AvgIpc) is 2.49. The maximum absolute atomic E-state index is 12.6. The summed E-state index contributed by atoms with van der Waals surface area (Å²) in [5.74, 6) is 0.623. The van der Waals surface area contributed by atoms with E-state index in [1.807, 2.05) is 0 Å². The standard InChI is InChI=1S/C10H11FN4/c11-8-3-1-7(2-4-8)6-15-10(13)5-9(12)14-15/h1-5H,6,13H2,(H2,12,14). The minimum absolute atomic E-state index is 0.258. The molecule has 0 aliphatic rings. The van der Waals surface area contributed by atoms with Crippen LogP contribution in [-0.4, -0.2) is 9.78 Å². The average molecular weight is 206 g/mol. The number of nitrogen functional groups attached to an aromatic ring is 2. The maximum Gasteiger partial charge on any atom is 0.147 e. The van der Waals surface area contributed by atoms with E-state index >= 15 is 0 Å². The van der Waals surface area contributed by atoms with Gasteiger partial charge in [-0.2, -0.15) is 5.10 Å². The van der Waals surface area contributed by atoms with Gasteiger partial charge in [0.15, 0.2) is 0 Å². The van der Waals surface area contributed by atoms with Crippen LogP contribution in [0.3, 0.4) is 0 Å². The van der Waals surface area contributed by atoms with Crippen molar-refractivity contribution in [1.82, 2.24) is 9.78 Å². The highest BCUT2D eigenvalue weighted by Crippen LogP contribution is 2.11. The summed E-state index contributed by atoms with van der Waals surface area (Å²) in [7, 11) is 0. The van der Waals surface area contributed by atoms with E-state index in [9.17, 15) is 4.39 Å². The minimum Gasteiger partial charge on any atom is -0.384 e. The Balaban J connectivity index is 2.21. The molecule has 2 aromatic rings. The molecule has 0 radical (unpaired) electrons. The van der Waals surface area contributed by atoms with Gasteiger partial charge in [0.05, 0.1) is 6.54 Å². The van der Waals surface area contributed by atoms with E-state index in [-0.39, 0.29) is 5.82 Å². The van der Waals surface area contributed by atoms with Crippen LogP contribution in [0.2, 0.25) is 0 Å². The van der Waals surface area contributed by atoms with Crippen molar-refractivity contribution in [1.29, 1.82) is 0 Å². The van der Waals surface area contributed by atoms with Crippen LogP contribution in [0.5, 0.6) is 0 Å². The zero-order valence-corrected chi connectivity index (χ0v) is 8.02. The summed E-state index contributed by atoms with van der Waals surface area (Å²) in [4.78, 5) is 0. The van der Waals surface area contributed by atoms with Crippen molar-refractivity contribution >= 4 is 11.6 Å². The van der Waals surface area contributed by atoms with Gasteiger partial charge in [0, 0.05) is 6.07 Å². The number of nitrogens with zero attached hydrogens (tertiary/aromatic N) is 2. The van der Waals surface area contributed by atoms with Gasteiger partial charge in [0.1, 0.15) is 17.5 Å². The first-order valence-electron chi connectivity index (χ1n) is 4.48. The van der Waals surface area contributed by atoms with Crippen molar-refractivity contribution in [3.8, 4) is 0 Å². The van der Waals surface area contributed by atoms with Crippen LogP contribution >= 0.6 is 0 Å². The molecule has 0 saturated carbocycles. The fraction of sp³-hybridized carbons (Fsp3) is 0.100. The van der Waals surface area contributed by atoms with Crippen molar-refractivity contribution in [2.75, 3.05) is 11.5 Å². The number of benzene rings is 1. The Morgan fingerprint density at radius 1 is 1.20 bits per heavy atom. The van der Waals surface area contributed by atoms with Crippen molar-refractivity contribution in [2.24, 2.45) is 0 Å². The Morgan fingerprint density at radius 2 is 1.87 bits per heavy atom. The number of hydrogen-bond donors (Lipinski definition) is 2. The molecule has 0 amide bonds. The molecule has 0 unspecified atom stereocenters. The lowest BCUT2D eigenvalue weighted by Crippen LogP contribution is -2.06. The number of anilines is 2. The van der Waals surface area contributed by atoms with Gasteiger partial charge in [0.2, 0.25) is 0 Å². The SMILES string of the molecule is Nc1cc(N)n(Cc2ccc(F)cc2)n1. The normalized spacial score (nSPS) is 10.5. The van der Waals surface area contributed by atoms with Gasteiger partial charge in [-0.25, -0.2) is 9.07 Å². The van der Waals surface area contributed by atoms with Gasteiger partial charge in [-0.3, -0.25) is 0 Å². The lowest BCUT2D eigenvalue weighted by atomic mass is 10.2. The van der Waals surface area contributed by atoms with Crippen LogP contribution in [0.4, 0.5) is 16.0 Å². The Morgan fingerprint density at radius 3 is 2.40 bits per heavy atom. The summed E-state index contributed by atoms with van der Waals surface area (Å²) in [5.41, 5.74) is 12.1. The molecular weight excluding hydrogens is 195 g/mol. The second-order valence-electron chi connectivity index (χ2n) is 3.28. The lowest BCUT2D eigenvalue weighted by Gasteiger charge is -2.03. The highest BCUT2D eigenvalue weighted by atomic mass is 19.1. The third-order valence-corrected chi connectivity index (χ3v) is 2.08. The van der Waals surface area contributed by atoms with Crippen molar-refractivity contribution in [3.63, 3.8) is 0 Å². The fourth-order valence-electron chi connectivity index (χ4n) is 1.34. The molecule has 0 aliphatic heterocycles. The maximum atomic E-state index is 12.6. The molecule has 4 nitrogen and oxygen atoms in total. The zero-order chi connectivity index (χ0) is 10.8. The van der Waals surface area contributed by atoms with E-state index in [2.05, 4.69) is 5.10 Å². The molecule has 0 aliphatic carbocycles.